The van der Waals surface area contributed by atoms with E-state index in [0.717, 1.165) is 19.1 Å². The van der Waals surface area contributed by atoms with Crippen LogP contribution in [0.4, 0.5) is 4.39 Å². The van der Waals surface area contributed by atoms with Gasteiger partial charge in [0, 0.05) is 6.61 Å². The van der Waals surface area contributed by atoms with Crippen molar-refractivity contribution in [2.24, 2.45) is 0 Å². The Morgan fingerprint density at radius 1 is 1.63 bits per heavy atom. The SMILES string of the molecule is COC(=O)c1cc(F)c2ncn(CC3CCO3)c2c1. The zero-order chi connectivity index (χ0) is 13.4. The molecular weight excluding hydrogens is 251 g/mol. The summed E-state index contributed by atoms with van der Waals surface area (Å²) in [5.41, 5.74) is 1.02. The number of halogens is 1. The van der Waals surface area contributed by atoms with Gasteiger partial charge in [-0.1, -0.05) is 0 Å². The number of benzene rings is 1. The van der Waals surface area contributed by atoms with Gasteiger partial charge in [0.2, 0.25) is 0 Å². The molecule has 0 spiro atoms. The molecule has 1 aliphatic rings. The lowest BCUT2D eigenvalue weighted by atomic mass is 10.1. The lowest BCUT2D eigenvalue weighted by Gasteiger charge is -2.26. The maximum Gasteiger partial charge on any atom is 0.338 e. The summed E-state index contributed by atoms with van der Waals surface area (Å²) < 4.78 is 25.6. The van der Waals surface area contributed by atoms with Crippen molar-refractivity contribution in [3.8, 4) is 0 Å². The fourth-order valence-corrected chi connectivity index (χ4v) is 2.15. The molecule has 0 radical (unpaired) electrons. The van der Waals surface area contributed by atoms with Gasteiger partial charge in [0.25, 0.3) is 0 Å². The molecule has 1 unspecified atom stereocenters. The molecule has 2 heterocycles. The molecule has 1 saturated heterocycles. The molecule has 2 aromatic rings. The van der Waals surface area contributed by atoms with Gasteiger partial charge in [0.1, 0.15) is 5.52 Å². The van der Waals surface area contributed by atoms with Crippen molar-refractivity contribution < 1.29 is 18.7 Å². The summed E-state index contributed by atoms with van der Waals surface area (Å²) in [4.78, 5) is 15.5. The van der Waals surface area contributed by atoms with Crippen LogP contribution in [0.25, 0.3) is 11.0 Å². The van der Waals surface area contributed by atoms with Crippen LogP contribution >= 0.6 is 0 Å². The first-order chi connectivity index (χ1) is 9.19. The smallest absolute Gasteiger partial charge is 0.338 e. The lowest BCUT2D eigenvalue weighted by Crippen LogP contribution is -2.30. The van der Waals surface area contributed by atoms with Crippen LogP contribution in [0.15, 0.2) is 18.5 Å². The molecule has 3 rings (SSSR count). The average Bonchev–Trinajstić information content (AvgIpc) is 2.76. The fourth-order valence-electron chi connectivity index (χ4n) is 2.15. The standard InChI is InChI=1S/C13H13FN2O3/c1-18-13(17)8-4-10(14)12-11(5-8)16(7-15-12)6-9-2-3-19-9/h4-5,7,9H,2-3,6H2,1H3. The van der Waals surface area contributed by atoms with E-state index in [1.54, 1.807) is 17.0 Å². The van der Waals surface area contributed by atoms with Crippen LogP contribution in [0.2, 0.25) is 0 Å². The Kier molecular flexibility index (Phi) is 2.94. The van der Waals surface area contributed by atoms with Gasteiger partial charge in [0.05, 0.1) is 37.2 Å². The van der Waals surface area contributed by atoms with Gasteiger partial charge in [-0.3, -0.25) is 0 Å². The minimum absolute atomic E-state index is 0.141. The summed E-state index contributed by atoms with van der Waals surface area (Å²) in [5, 5.41) is 0. The molecule has 100 valence electrons. The number of nitrogens with zero attached hydrogens (tertiary/aromatic N) is 2. The summed E-state index contributed by atoms with van der Waals surface area (Å²) >= 11 is 0. The highest BCUT2D eigenvalue weighted by molar-refractivity contribution is 5.93. The summed E-state index contributed by atoms with van der Waals surface area (Å²) in [6, 6.07) is 2.74. The first-order valence-corrected chi connectivity index (χ1v) is 6.03. The molecule has 1 aromatic heterocycles. The van der Waals surface area contributed by atoms with Crippen molar-refractivity contribution in [2.75, 3.05) is 13.7 Å². The minimum atomic E-state index is -0.562. The molecule has 0 bridgehead atoms. The van der Waals surface area contributed by atoms with Gasteiger partial charge in [-0.15, -0.1) is 0 Å². The van der Waals surface area contributed by atoms with Crippen molar-refractivity contribution in [3.63, 3.8) is 0 Å². The summed E-state index contributed by atoms with van der Waals surface area (Å²) in [6.45, 7) is 1.37. The van der Waals surface area contributed by atoms with Gasteiger partial charge >= 0.3 is 5.97 Å². The van der Waals surface area contributed by atoms with Gasteiger partial charge in [-0.25, -0.2) is 14.2 Å². The van der Waals surface area contributed by atoms with Crippen molar-refractivity contribution >= 4 is 17.0 Å². The van der Waals surface area contributed by atoms with E-state index < -0.39 is 11.8 Å². The van der Waals surface area contributed by atoms with Crippen molar-refractivity contribution in [3.05, 3.63) is 29.8 Å². The number of rotatable bonds is 3. The summed E-state index contributed by atoms with van der Waals surface area (Å²) in [5.74, 6) is -1.08. The number of ether oxygens (including phenoxy) is 2. The third kappa shape index (κ3) is 2.08. The van der Waals surface area contributed by atoms with Crippen LogP contribution < -0.4 is 0 Å². The molecule has 0 N–H and O–H groups in total. The van der Waals surface area contributed by atoms with E-state index in [1.165, 1.54) is 7.11 Å². The van der Waals surface area contributed by atoms with Crippen LogP contribution in [0.5, 0.6) is 0 Å². The summed E-state index contributed by atoms with van der Waals surface area (Å²) in [7, 11) is 1.27. The second kappa shape index (κ2) is 4.62. The normalized spacial score (nSPS) is 18.3. The average molecular weight is 264 g/mol. The highest BCUT2D eigenvalue weighted by atomic mass is 19.1. The third-order valence-corrected chi connectivity index (χ3v) is 3.29. The molecule has 1 aliphatic heterocycles. The number of hydrogen-bond donors (Lipinski definition) is 0. The molecule has 6 heteroatoms. The molecule has 0 aliphatic carbocycles. The molecule has 5 nitrogen and oxygen atoms in total. The van der Waals surface area contributed by atoms with Gasteiger partial charge in [-0.05, 0) is 18.6 Å². The largest absolute Gasteiger partial charge is 0.465 e. The van der Waals surface area contributed by atoms with E-state index in [0.29, 0.717) is 12.1 Å². The highest BCUT2D eigenvalue weighted by Gasteiger charge is 2.21. The maximum absolute atomic E-state index is 13.9. The Labute approximate surface area is 108 Å². The summed E-state index contributed by atoms with van der Waals surface area (Å²) in [6.07, 6.45) is 2.69. The van der Waals surface area contributed by atoms with Crippen LogP contribution in [0.1, 0.15) is 16.8 Å². The number of fused-ring (bicyclic) bond motifs is 1. The van der Waals surface area contributed by atoms with Crippen molar-refractivity contribution in [1.29, 1.82) is 0 Å². The van der Waals surface area contributed by atoms with Crippen LogP contribution in [0, 0.1) is 5.82 Å². The van der Waals surface area contributed by atoms with Crippen LogP contribution in [-0.2, 0) is 16.0 Å². The Morgan fingerprint density at radius 3 is 3.05 bits per heavy atom. The van der Waals surface area contributed by atoms with E-state index >= 15 is 0 Å². The second-order valence-electron chi connectivity index (χ2n) is 4.50. The molecule has 1 aromatic carbocycles. The van der Waals surface area contributed by atoms with Crippen LogP contribution in [0.3, 0.4) is 0 Å². The van der Waals surface area contributed by atoms with E-state index in [2.05, 4.69) is 9.72 Å². The van der Waals surface area contributed by atoms with Crippen LogP contribution in [-0.4, -0.2) is 35.3 Å². The Morgan fingerprint density at radius 2 is 2.42 bits per heavy atom. The molecule has 0 saturated carbocycles. The first-order valence-electron chi connectivity index (χ1n) is 6.03. The van der Waals surface area contributed by atoms with Crippen molar-refractivity contribution in [1.82, 2.24) is 9.55 Å². The number of esters is 1. The predicted octanol–water partition coefficient (Wildman–Crippen LogP) is 1.75. The number of methoxy groups -OCH3 is 1. The van der Waals surface area contributed by atoms with E-state index in [1.807, 2.05) is 0 Å². The molecule has 1 fully saturated rings. The fraction of sp³-hybridized carbons (Fsp3) is 0.385. The predicted molar refractivity (Wildman–Crippen MR) is 65.4 cm³/mol. The highest BCUT2D eigenvalue weighted by Crippen LogP contribution is 2.22. The van der Waals surface area contributed by atoms with E-state index in [9.17, 15) is 9.18 Å². The number of imidazole rings is 1. The minimum Gasteiger partial charge on any atom is -0.465 e. The number of carbonyl (C=O) groups is 1. The first kappa shape index (κ1) is 12.1. The Bertz CT molecular complexity index is 634. The number of hydrogen-bond acceptors (Lipinski definition) is 4. The van der Waals surface area contributed by atoms with E-state index in [-0.39, 0.29) is 17.2 Å². The molecule has 19 heavy (non-hydrogen) atoms. The zero-order valence-corrected chi connectivity index (χ0v) is 10.4. The molecule has 1 atom stereocenters. The number of aromatic nitrogens is 2. The lowest BCUT2D eigenvalue weighted by molar-refractivity contribution is -0.0586. The van der Waals surface area contributed by atoms with Gasteiger partial charge < -0.3 is 14.0 Å². The van der Waals surface area contributed by atoms with E-state index in [4.69, 9.17) is 4.74 Å². The Hall–Kier alpha value is -1.95. The topological polar surface area (TPSA) is 53.3 Å². The van der Waals surface area contributed by atoms with Crippen molar-refractivity contribution in [2.45, 2.75) is 19.1 Å². The third-order valence-electron chi connectivity index (χ3n) is 3.29. The number of carbonyl (C=O) groups excluding carboxylic acids is 1. The van der Waals surface area contributed by atoms with Gasteiger partial charge in [0.15, 0.2) is 5.82 Å². The quantitative estimate of drug-likeness (QED) is 0.792. The Balaban J connectivity index is 2.03. The van der Waals surface area contributed by atoms with Gasteiger partial charge in [-0.2, -0.15) is 0 Å². The second-order valence-corrected chi connectivity index (χ2v) is 4.50. The monoisotopic (exact) mass is 264 g/mol. The zero-order valence-electron chi connectivity index (χ0n) is 10.4. The molecule has 0 amide bonds. The molecular formula is C13H13FN2O3. The maximum atomic E-state index is 13.9.